The average Bonchev–Trinajstić information content (AvgIpc) is 2.48. The largest absolute Gasteiger partial charge is 0.349 e. The molecule has 100 valence electrons. The maximum Gasteiger partial charge on any atom is 0.251 e. The zero-order chi connectivity index (χ0) is 13.7. The van der Waals surface area contributed by atoms with E-state index < -0.39 is 0 Å². The Morgan fingerprint density at radius 3 is 2.53 bits per heavy atom. The van der Waals surface area contributed by atoms with Gasteiger partial charge < -0.3 is 10.2 Å². The molecule has 0 aliphatic carbocycles. The molecular formula is C14H17N3O2. The first-order chi connectivity index (χ1) is 9.20. The van der Waals surface area contributed by atoms with Crippen LogP contribution in [0.1, 0.15) is 23.2 Å². The normalized spacial score (nSPS) is 15.9. The number of piperidine rings is 1. The molecule has 1 aliphatic heterocycles. The van der Waals surface area contributed by atoms with Crippen molar-refractivity contribution < 1.29 is 9.59 Å². The van der Waals surface area contributed by atoms with Crippen molar-refractivity contribution in [2.75, 3.05) is 13.1 Å². The number of carbonyl (C=O) groups is 2. The maximum atomic E-state index is 11.9. The minimum Gasteiger partial charge on any atom is -0.349 e. The first-order valence-corrected chi connectivity index (χ1v) is 6.33. The molecule has 0 aromatic carbocycles. The van der Waals surface area contributed by atoms with Crippen molar-refractivity contribution in [1.29, 1.82) is 0 Å². The van der Waals surface area contributed by atoms with Gasteiger partial charge in [-0.15, -0.1) is 0 Å². The zero-order valence-electron chi connectivity index (χ0n) is 10.7. The molecule has 0 unspecified atom stereocenters. The number of nitrogens with zero attached hydrogens (tertiary/aromatic N) is 2. The van der Waals surface area contributed by atoms with Crippen molar-refractivity contribution in [3.63, 3.8) is 0 Å². The second kappa shape index (κ2) is 6.13. The van der Waals surface area contributed by atoms with E-state index in [9.17, 15) is 9.59 Å². The van der Waals surface area contributed by atoms with E-state index in [-0.39, 0.29) is 17.9 Å². The lowest BCUT2D eigenvalue weighted by Crippen LogP contribution is -2.46. The second-order valence-electron chi connectivity index (χ2n) is 4.51. The van der Waals surface area contributed by atoms with E-state index in [1.54, 1.807) is 29.4 Å². The van der Waals surface area contributed by atoms with Gasteiger partial charge in [-0.25, -0.2) is 0 Å². The first kappa shape index (κ1) is 13.3. The molecule has 2 amide bonds. The van der Waals surface area contributed by atoms with Crippen molar-refractivity contribution in [3.8, 4) is 0 Å². The summed E-state index contributed by atoms with van der Waals surface area (Å²) in [5.41, 5.74) is 0.611. The Morgan fingerprint density at radius 2 is 1.95 bits per heavy atom. The van der Waals surface area contributed by atoms with Crippen LogP contribution in [0, 0.1) is 0 Å². The highest BCUT2D eigenvalue weighted by atomic mass is 16.2. The van der Waals surface area contributed by atoms with Crippen LogP contribution < -0.4 is 5.32 Å². The number of hydrogen-bond donors (Lipinski definition) is 1. The van der Waals surface area contributed by atoms with Gasteiger partial charge in [-0.2, -0.15) is 0 Å². The third-order valence-corrected chi connectivity index (χ3v) is 3.26. The molecule has 0 atom stereocenters. The van der Waals surface area contributed by atoms with Crippen LogP contribution in [0.3, 0.4) is 0 Å². The number of pyridine rings is 1. The Morgan fingerprint density at radius 1 is 1.32 bits per heavy atom. The fraction of sp³-hybridized carbons (Fsp3) is 0.357. The third-order valence-electron chi connectivity index (χ3n) is 3.26. The number of rotatable bonds is 3. The second-order valence-corrected chi connectivity index (χ2v) is 4.51. The topological polar surface area (TPSA) is 62.3 Å². The summed E-state index contributed by atoms with van der Waals surface area (Å²) in [5.74, 6) is -0.130. The van der Waals surface area contributed by atoms with Crippen molar-refractivity contribution in [2.45, 2.75) is 18.9 Å². The van der Waals surface area contributed by atoms with E-state index in [0.29, 0.717) is 18.7 Å². The summed E-state index contributed by atoms with van der Waals surface area (Å²) in [6.45, 7) is 4.79. The van der Waals surface area contributed by atoms with Crippen LogP contribution in [0.25, 0.3) is 0 Å². The van der Waals surface area contributed by atoms with Crippen LogP contribution in [0.15, 0.2) is 37.2 Å². The first-order valence-electron chi connectivity index (χ1n) is 6.33. The lowest BCUT2D eigenvalue weighted by Gasteiger charge is -2.31. The van der Waals surface area contributed by atoms with Gasteiger partial charge in [0, 0.05) is 37.1 Å². The molecule has 1 saturated heterocycles. The molecule has 1 aliphatic rings. The van der Waals surface area contributed by atoms with E-state index in [0.717, 1.165) is 12.8 Å². The quantitative estimate of drug-likeness (QED) is 0.823. The van der Waals surface area contributed by atoms with Crippen molar-refractivity contribution in [1.82, 2.24) is 15.2 Å². The minimum atomic E-state index is -0.0871. The summed E-state index contributed by atoms with van der Waals surface area (Å²) >= 11 is 0. The fourth-order valence-corrected chi connectivity index (χ4v) is 2.15. The van der Waals surface area contributed by atoms with Gasteiger partial charge in [-0.05, 0) is 31.1 Å². The van der Waals surface area contributed by atoms with Gasteiger partial charge in [0.2, 0.25) is 5.91 Å². The van der Waals surface area contributed by atoms with Gasteiger partial charge in [-0.1, -0.05) is 6.58 Å². The molecule has 5 heteroatoms. The van der Waals surface area contributed by atoms with Gasteiger partial charge in [0.05, 0.1) is 0 Å². The van der Waals surface area contributed by atoms with Crippen molar-refractivity contribution >= 4 is 11.8 Å². The monoisotopic (exact) mass is 259 g/mol. The van der Waals surface area contributed by atoms with Gasteiger partial charge in [-0.3, -0.25) is 14.6 Å². The Hall–Kier alpha value is -2.17. The average molecular weight is 259 g/mol. The number of nitrogens with one attached hydrogen (secondary N) is 1. The summed E-state index contributed by atoms with van der Waals surface area (Å²) in [4.78, 5) is 29.0. The number of likely N-dealkylation sites (tertiary alicyclic amines) is 1. The Kier molecular flexibility index (Phi) is 4.28. The molecule has 1 aromatic heterocycles. The summed E-state index contributed by atoms with van der Waals surface area (Å²) in [6, 6.07) is 3.49. The molecule has 1 N–H and O–H groups in total. The number of aromatic nitrogens is 1. The number of amides is 2. The minimum absolute atomic E-state index is 0.0427. The summed E-state index contributed by atoms with van der Waals surface area (Å²) in [5, 5.41) is 2.98. The highest BCUT2D eigenvalue weighted by Gasteiger charge is 2.22. The molecule has 0 saturated carbocycles. The maximum absolute atomic E-state index is 11.9. The van der Waals surface area contributed by atoms with Crippen LogP contribution in [-0.2, 0) is 4.79 Å². The molecule has 2 heterocycles. The third kappa shape index (κ3) is 3.40. The van der Waals surface area contributed by atoms with E-state index in [2.05, 4.69) is 16.9 Å². The Labute approximate surface area is 112 Å². The van der Waals surface area contributed by atoms with Gasteiger partial charge in [0.1, 0.15) is 0 Å². The van der Waals surface area contributed by atoms with Crippen LogP contribution in [0.4, 0.5) is 0 Å². The summed E-state index contributed by atoms with van der Waals surface area (Å²) < 4.78 is 0. The van der Waals surface area contributed by atoms with Gasteiger partial charge >= 0.3 is 0 Å². The lowest BCUT2D eigenvalue weighted by molar-refractivity contribution is -0.127. The zero-order valence-corrected chi connectivity index (χ0v) is 10.7. The van der Waals surface area contributed by atoms with E-state index in [4.69, 9.17) is 0 Å². The van der Waals surface area contributed by atoms with Crippen molar-refractivity contribution in [3.05, 3.63) is 42.7 Å². The van der Waals surface area contributed by atoms with Gasteiger partial charge in [0.15, 0.2) is 0 Å². The predicted octanol–water partition coefficient (Wildman–Crippen LogP) is 0.988. The Bertz CT molecular complexity index is 465. The smallest absolute Gasteiger partial charge is 0.251 e. The summed E-state index contributed by atoms with van der Waals surface area (Å²) in [6.07, 6.45) is 6.07. The van der Waals surface area contributed by atoms with Crippen molar-refractivity contribution in [2.24, 2.45) is 0 Å². The number of carbonyl (C=O) groups excluding carboxylic acids is 2. The van der Waals surface area contributed by atoms with Crippen LogP contribution >= 0.6 is 0 Å². The molecule has 19 heavy (non-hydrogen) atoms. The van der Waals surface area contributed by atoms with Gasteiger partial charge in [0.25, 0.3) is 5.91 Å². The molecule has 0 radical (unpaired) electrons. The highest BCUT2D eigenvalue weighted by Crippen LogP contribution is 2.11. The molecule has 0 bridgehead atoms. The Balaban J connectivity index is 1.84. The molecule has 1 aromatic rings. The van der Waals surface area contributed by atoms with Crippen LogP contribution in [0.5, 0.6) is 0 Å². The van der Waals surface area contributed by atoms with E-state index >= 15 is 0 Å². The summed E-state index contributed by atoms with van der Waals surface area (Å²) in [7, 11) is 0. The predicted molar refractivity (Wildman–Crippen MR) is 71.5 cm³/mol. The SMILES string of the molecule is C=CC(=O)N1CCC(NC(=O)c2ccncc2)CC1. The lowest BCUT2D eigenvalue weighted by atomic mass is 10.0. The van der Waals surface area contributed by atoms with Crippen LogP contribution in [0.2, 0.25) is 0 Å². The fourth-order valence-electron chi connectivity index (χ4n) is 2.15. The molecule has 1 fully saturated rings. The van der Waals surface area contributed by atoms with E-state index in [1.165, 1.54) is 6.08 Å². The molecule has 0 spiro atoms. The molecule has 2 rings (SSSR count). The van der Waals surface area contributed by atoms with E-state index in [1.807, 2.05) is 0 Å². The highest BCUT2D eigenvalue weighted by molar-refractivity contribution is 5.94. The molecular weight excluding hydrogens is 242 g/mol. The standard InChI is InChI=1S/C14H17N3O2/c1-2-13(18)17-9-5-12(6-10-17)16-14(19)11-3-7-15-8-4-11/h2-4,7-8,12H,1,5-6,9-10H2,(H,16,19). The molecule has 5 nitrogen and oxygen atoms in total. The van der Waals surface area contributed by atoms with Crippen LogP contribution in [-0.4, -0.2) is 40.8 Å². The number of hydrogen-bond acceptors (Lipinski definition) is 3.